The predicted molar refractivity (Wildman–Crippen MR) is 264 cm³/mol. The van der Waals surface area contributed by atoms with E-state index in [1.807, 2.05) is 95.5 Å². The Morgan fingerprint density at radius 3 is 1.57 bits per heavy atom. The van der Waals surface area contributed by atoms with E-state index in [1.54, 1.807) is 57.4 Å². The second-order valence-corrected chi connectivity index (χ2v) is 18.9. The third-order valence-corrected chi connectivity index (χ3v) is 11.4. The van der Waals surface area contributed by atoms with Gasteiger partial charge in [-0.1, -0.05) is 27.7 Å². The lowest BCUT2D eigenvalue weighted by molar-refractivity contribution is 0.0480. The Kier molecular flexibility index (Phi) is 14.2. The maximum atomic E-state index is 13.2. The van der Waals surface area contributed by atoms with Gasteiger partial charge in [0.05, 0.1) is 39.2 Å². The van der Waals surface area contributed by atoms with Crippen LogP contribution in [0.5, 0.6) is 11.5 Å². The van der Waals surface area contributed by atoms with Gasteiger partial charge >= 0.3 is 6.09 Å². The fraction of sp³-hybridized carbons (Fsp3) is 0.392. The molecule has 2 aromatic carbocycles. The molecule has 0 unspecified atom stereocenters. The normalized spacial score (nSPS) is 12.7. The summed E-state index contributed by atoms with van der Waals surface area (Å²) in [5, 5.41) is 16.5. The van der Waals surface area contributed by atoms with Gasteiger partial charge in [0, 0.05) is 80.2 Å². The third-order valence-electron chi connectivity index (χ3n) is 11.4. The molecular weight excluding hydrogens is 849 g/mol. The number of amides is 1. The number of nitrogens with zero attached hydrogens (tertiary/aromatic N) is 8. The molecular formula is C51H62N10O6. The zero-order chi connectivity index (χ0) is 48.3. The Morgan fingerprint density at radius 1 is 0.687 bits per heavy atom. The summed E-state index contributed by atoms with van der Waals surface area (Å²) in [4.78, 5) is 47.3. The van der Waals surface area contributed by atoms with Crippen molar-refractivity contribution in [1.29, 1.82) is 0 Å². The topological polar surface area (TPSA) is 188 Å². The van der Waals surface area contributed by atoms with Gasteiger partial charge in [-0.05, 0) is 106 Å². The summed E-state index contributed by atoms with van der Waals surface area (Å²) in [6.45, 7) is 18.3. The highest BCUT2D eigenvalue weighted by Gasteiger charge is 2.23. The summed E-state index contributed by atoms with van der Waals surface area (Å²) in [7, 11) is 3.53. The lowest BCUT2D eigenvalue weighted by atomic mass is 10.0. The average molecular weight is 911 g/mol. The number of nitrogens with one attached hydrogen (secondary N) is 1. The van der Waals surface area contributed by atoms with Crippen molar-refractivity contribution in [3.63, 3.8) is 0 Å². The molecule has 0 fully saturated rings. The molecule has 3 N–H and O–H groups in total. The molecule has 16 nitrogen and oxygen atoms in total. The van der Waals surface area contributed by atoms with Crippen molar-refractivity contribution in [1.82, 2.24) is 44.0 Å². The zero-order valence-electron chi connectivity index (χ0n) is 40.3. The quantitative estimate of drug-likeness (QED) is 0.106. The molecule has 0 aliphatic heterocycles. The first-order chi connectivity index (χ1) is 31.8. The van der Waals surface area contributed by atoms with Gasteiger partial charge in [-0.15, -0.1) is 0 Å². The number of hydrogen-bond acceptors (Lipinski definition) is 11. The van der Waals surface area contributed by atoms with Gasteiger partial charge in [0.25, 0.3) is 11.1 Å². The number of pyridine rings is 4. The smallest absolute Gasteiger partial charge is 0.407 e. The molecule has 6 heterocycles. The number of hydrogen-bond donors (Lipinski definition) is 2. The SMILES string of the molecule is Cc1nccc2c1c(=O)n(C)c1cc(OC[C@@H](N)CC(C)C)c(-n3cccn3)cc21.Cc1nccc2c1c(=O)n(C)c1cc(OC[C@H](CC(C)C)NC(=O)OC(C)(C)C)c(-n3cccn3)cc21. The fourth-order valence-corrected chi connectivity index (χ4v) is 8.46. The number of aryl methyl sites for hydroxylation is 4. The van der Waals surface area contributed by atoms with E-state index in [1.165, 1.54) is 0 Å². The van der Waals surface area contributed by atoms with E-state index in [0.717, 1.165) is 56.1 Å². The molecule has 8 rings (SSSR count). The first kappa shape index (κ1) is 47.9. The predicted octanol–water partition coefficient (Wildman–Crippen LogP) is 8.23. The Morgan fingerprint density at radius 2 is 1.15 bits per heavy atom. The summed E-state index contributed by atoms with van der Waals surface area (Å²) in [6, 6.07) is 14.9. The number of carbonyl (C=O) groups excluding carboxylic acids is 1. The van der Waals surface area contributed by atoms with E-state index in [2.05, 4.69) is 53.2 Å². The maximum absolute atomic E-state index is 13.2. The van der Waals surface area contributed by atoms with Crippen molar-refractivity contribution in [3.8, 4) is 22.9 Å². The molecule has 0 aliphatic carbocycles. The zero-order valence-corrected chi connectivity index (χ0v) is 40.3. The molecule has 67 heavy (non-hydrogen) atoms. The standard InChI is InChI=1S/C28H35N5O4.C23H27N5O2/c1-17(2)13-19(31-27(35)37-28(4,5)6)16-36-24-15-22-21(14-23(24)33-12-8-10-30-33)20-9-11-29-18(3)25(20)26(34)32(22)7;1-14(2)10-16(24)13-30-21-12-19-18(11-20(21)28-9-5-7-26-28)17-6-8-25-15(3)22(17)23(29)27(19)4/h8-12,14-15,17,19H,13,16H2,1-7H3,(H,31,35);5-9,11-12,14,16H,10,13,24H2,1-4H3/t19-;16-/m00/s1. The van der Waals surface area contributed by atoms with Crippen LogP contribution in [-0.2, 0) is 18.8 Å². The molecule has 2 atom stereocenters. The monoisotopic (exact) mass is 910 g/mol. The van der Waals surface area contributed by atoms with Crippen molar-refractivity contribution in [2.45, 2.75) is 92.8 Å². The largest absolute Gasteiger partial charge is 0.490 e. The van der Waals surface area contributed by atoms with Crippen LogP contribution >= 0.6 is 0 Å². The van der Waals surface area contributed by atoms with Crippen molar-refractivity contribution >= 4 is 49.4 Å². The van der Waals surface area contributed by atoms with Crippen LogP contribution in [0.2, 0.25) is 0 Å². The summed E-state index contributed by atoms with van der Waals surface area (Å²) >= 11 is 0. The number of fused-ring (bicyclic) bond motifs is 6. The highest BCUT2D eigenvalue weighted by atomic mass is 16.6. The first-order valence-corrected chi connectivity index (χ1v) is 22.7. The van der Waals surface area contributed by atoms with Crippen molar-refractivity contribution < 1.29 is 19.0 Å². The van der Waals surface area contributed by atoms with Crippen molar-refractivity contribution in [2.24, 2.45) is 31.7 Å². The molecule has 0 saturated heterocycles. The minimum Gasteiger partial charge on any atom is -0.490 e. The minimum absolute atomic E-state index is 0.0692. The third kappa shape index (κ3) is 10.6. The van der Waals surface area contributed by atoms with Crippen LogP contribution in [0.15, 0.2) is 95.3 Å². The van der Waals surface area contributed by atoms with Gasteiger partial charge in [0.1, 0.15) is 41.7 Å². The van der Waals surface area contributed by atoms with E-state index in [-0.39, 0.29) is 29.8 Å². The number of carbonyl (C=O) groups is 1. The van der Waals surface area contributed by atoms with E-state index in [9.17, 15) is 14.4 Å². The maximum Gasteiger partial charge on any atom is 0.407 e. The Balaban J connectivity index is 0.000000203. The lowest BCUT2D eigenvalue weighted by Gasteiger charge is -2.25. The second-order valence-electron chi connectivity index (χ2n) is 18.9. The Labute approximate surface area is 389 Å². The number of benzene rings is 2. The van der Waals surface area contributed by atoms with Crippen LogP contribution in [0, 0.1) is 25.7 Å². The minimum atomic E-state index is -0.597. The van der Waals surface area contributed by atoms with E-state index in [0.29, 0.717) is 52.8 Å². The molecule has 352 valence electrons. The number of ether oxygens (including phenoxy) is 3. The van der Waals surface area contributed by atoms with Crippen LogP contribution in [0.3, 0.4) is 0 Å². The molecule has 0 aliphatic rings. The van der Waals surface area contributed by atoms with Crippen molar-refractivity contribution in [2.75, 3.05) is 13.2 Å². The molecule has 0 radical (unpaired) electrons. The van der Waals surface area contributed by atoms with Gasteiger partial charge < -0.3 is 34.4 Å². The van der Waals surface area contributed by atoms with Crippen LogP contribution in [0.1, 0.15) is 72.7 Å². The molecule has 0 bridgehead atoms. The first-order valence-electron chi connectivity index (χ1n) is 22.7. The highest BCUT2D eigenvalue weighted by molar-refractivity contribution is 6.08. The van der Waals surface area contributed by atoms with Crippen molar-refractivity contribution in [3.05, 3.63) is 118 Å². The number of rotatable bonds is 13. The van der Waals surface area contributed by atoms with Gasteiger partial charge in [-0.2, -0.15) is 10.2 Å². The lowest BCUT2D eigenvalue weighted by Crippen LogP contribution is -2.42. The fourth-order valence-electron chi connectivity index (χ4n) is 8.46. The Bertz CT molecular complexity index is 3170. The molecule has 8 aromatic rings. The second kappa shape index (κ2) is 19.8. The Hall–Kier alpha value is -7.07. The van der Waals surface area contributed by atoms with Crippen LogP contribution in [0.25, 0.3) is 54.7 Å². The van der Waals surface area contributed by atoms with Gasteiger partial charge in [0.2, 0.25) is 0 Å². The number of nitrogens with two attached hydrogens (primary N) is 1. The van der Waals surface area contributed by atoms with E-state index >= 15 is 0 Å². The number of alkyl carbamates (subject to hydrolysis) is 1. The van der Waals surface area contributed by atoms with Crippen LogP contribution < -0.4 is 31.6 Å². The average Bonchev–Trinajstić information content (AvgIpc) is 4.01. The summed E-state index contributed by atoms with van der Waals surface area (Å²) in [5.74, 6) is 2.02. The van der Waals surface area contributed by atoms with Gasteiger partial charge in [0.15, 0.2) is 0 Å². The summed E-state index contributed by atoms with van der Waals surface area (Å²) in [5.41, 5.74) is 9.92. The van der Waals surface area contributed by atoms with E-state index < -0.39 is 11.7 Å². The molecule has 0 saturated carbocycles. The molecule has 0 spiro atoms. The summed E-state index contributed by atoms with van der Waals surface area (Å²) in [6.07, 6.45) is 11.7. The van der Waals surface area contributed by atoms with Gasteiger partial charge in [-0.25, -0.2) is 14.2 Å². The van der Waals surface area contributed by atoms with Gasteiger partial charge in [-0.3, -0.25) is 19.6 Å². The molecule has 6 aromatic heterocycles. The van der Waals surface area contributed by atoms with Crippen LogP contribution in [0.4, 0.5) is 4.79 Å². The molecule has 16 heteroatoms. The molecule has 1 amide bonds. The highest BCUT2D eigenvalue weighted by Crippen LogP contribution is 2.34. The number of aromatic nitrogens is 8. The van der Waals surface area contributed by atoms with E-state index in [4.69, 9.17) is 19.9 Å². The summed E-state index contributed by atoms with van der Waals surface area (Å²) < 4.78 is 24.7. The van der Waals surface area contributed by atoms with Crippen LogP contribution in [-0.4, -0.2) is 75.7 Å².